The predicted octanol–water partition coefficient (Wildman–Crippen LogP) is 2.77. The molecule has 3 atom stereocenters. The third-order valence-electron chi connectivity index (χ3n) is 3.95. The lowest BCUT2D eigenvalue weighted by atomic mass is 9.91. The van der Waals surface area contributed by atoms with Gasteiger partial charge in [0.1, 0.15) is 0 Å². The lowest BCUT2D eigenvalue weighted by molar-refractivity contribution is -0.147. The van der Waals surface area contributed by atoms with Crippen molar-refractivity contribution < 1.29 is 14.7 Å². The zero-order valence-corrected chi connectivity index (χ0v) is 12.6. The maximum Gasteiger partial charge on any atom is 0.308 e. The zero-order chi connectivity index (χ0) is 14.6. The van der Waals surface area contributed by atoms with E-state index in [2.05, 4.69) is 20.8 Å². The van der Waals surface area contributed by atoms with Crippen LogP contribution in [-0.2, 0) is 9.59 Å². The van der Waals surface area contributed by atoms with Gasteiger partial charge in [-0.05, 0) is 38.0 Å². The second-order valence-electron chi connectivity index (χ2n) is 6.45. The summed E-state index contributed by atoms with van der Waals surface area (Å²) in [5.74, 6) is -0.0923. The number of hydrogen-bond donors (Lipinski definition) is 1. The minimum absolute atomic E-state index is 0.117. The average molecular weight is 269 g/mol. The van der Waals surface area contributed by atoms with Crippen molar-refractivity contribution in [2.75, 3.05) is 6.54 Å². The van der Waals surface area contributed by atoms with E-state index >= 15 is 0 Å². The number of carbonyl (C=O) groups is 2. The van der Waals surface area contributed by atoms with Crippen molar-refractivity contribution in [1.29, 1.82) is 0 Å². The summed E-state index contributed by atoms with van der Waals surface area (Å²) in [5.41, 5.74) is 0. The van der Waals surface area contributed by atoms with E-state index in [1.54, 1.807) is 4.90 Å². The average Bonchev–Trinajstić information content (AvgIpc) is 2.27. The second-order valence-corrected chi connectivity index (χ2v) is 6.45. The first kappa shape index (κ1) is 16.0. The van der Waals surface area contributed by atoms with Crippen molar-refractivity contribution >= 4 is 11.9 Å². The standard InChI is InChI=1S/C15H27NO3/c1-10(2)7-11(3)8-14(17)16-9-13(15(18)19)6-5-12(16)4/h10-13H,5-9H2,1-4H3,(H,18,19). The van der Waals surface area contributed by atoms with E-state index in [4.69, 9.17) is 5.11 Å². The molecule has 0 saturated carbocycles. The Morgan fingerprint density at radius 2 is 1.89 bits per heavy atom. The lowest BCUT2D eigenvalue weighted by Crippen LogP contribution is -2.47. The number of carboxylic acid groups (broad SMARTS) is 1. The van der Waals surface area contributed by atoms with Crippen LogP contribution in [0.2, 0.25) is 0 Å². The van der Waals surface area contributed by atoms with E-state index < -0.39 is 5.97 Å². The molecule has 1 aliphatic rings. The molecule has 110 valence electrons. The molecule has 0 spiro atoms. The Balaban J connectivity index is 2.56. The van der Waals surface area contributed by atoms with E-state index in [9.17, 15) is 9.59 Å². The van der Waals surface area contributed by atoms with Crippen molar-refractivity contribution in [3.8, 4) is 0 Å². The van der Waals surface area contributed by atoms with Crippen molar-refractivity contribution in [1.82, 2.24) is 4.90 Å². The molecule has 1 aliphatic heterocycles. The maximum absolute atomic E-state index is 12.3. The summed E-state index contributed by atoms with van der Waals surface area (Å²) < 4.78 is 0. The van der Waals surface area contributed by atoms with E-state index in [0.717, 1.165) is 12.8 Å². The number of likely N-dealkylation sites (tertiary alicyclic amines) is 1. The van der Waals surface area contributed by atoms with Gasteiger partial charge in [0.15, 0.2) is 0 Å². The van der Waals surface area contributed by atoms with Crippen molar-refractivity contribution in [2.45, 2.75) is 59.4 Å². The molecule has 0 aromatic rings. The second kappa shape index (κ2) is 6.92. The van der Waals surface area contributed by atoms with Crippen LogP contribution in [0.5, 0.6) is 0 Å². The summed E-state index contributed by atoms with van der Waals surface area (Å²) in [7, 11) is 0. The third-order valence-corrected chi connectivity index (χ3v) is 3.95. The molecule has 0 aliphatic carbocycles. The van der Waals surface area contributed by atoms with Crippen molar-refractivity contribution in [2.24, 2.45) is 17.8 Å². The molecule has 4 nitrogen and oxygen atoms in total. The Morgan fingerprint density at radius 1 is 1.26 bits per heavy atom. The van der Waals surface area contributed by atoms with E-state index in [-0.39, 0.29) is 17.9 Å². The highest BCUT2D eigenvalue weighted by Crippen LogP contribution is 2.24. The number of carboxylic acids is 1. The lowest BCUT2D eigenvalue weighted by Gasteiger charge is -2.37. The molecule has 0 aromatic carbocycles. The molecule has 1 heterocycles. The summed E-state index contributed by atoms with van der Waals surface area (Å²) in [4.78, 5) is 25.1. The first-order valence-electron chi connectivity index (χ1n) is 7.33. The first-order valence-corrected chi connectivity index (χ1v) is 7.33. The van der Waals surface area contributed by atoms with Crippen LogP contribution in [0.25, 0.3) is 0 Å². The third kappa shape index (κ3) is 4.84. The van der Waals surface area contributed by atoms with Crippen LogP contribution < -0.4 is 0 Å². The van der Waals surface area contributed by atoms with Gasteiger partial charge in [-0.3, -0.25) is 9.59 Å². The fourth-order valence-corrected chi connectivity index (χ4v) is 2.96. The molecular formula is C15H27NO3. The van der Waals surface area contributed by atoms with Crippen LogP contribution in [0.4, 0.5) is 0 Å². The highest BCUT2D eigenvalue weighted by molar-refractivity contribution is 5.78. The summed E-state index contributed by atoms with van der Waals surface area (Å²) in [6.45, 7) is 8.81. The molecule has 1 amide bonds. The van der Waals surface area contributed by atoms with Crippen LogP contribution in [0.15, 0.2) is 0 Å². The van der Waals surface area contributed by atoms with Gasteiger partial charge in [-0.1, -0.05) is 20.8 Å². The van der Waals surface area contributed by atoms with Gasteiger partial charge in [-0.2, -0.15) is 0 Å². The Labute approximate surface area is 116 Å². The van der Waals surface area contributed by atoms with Gasteiger partial charge in [0.25, 0.3) is 0 Å². The van der Waals surface area contributed by atoms with Gasteiger partial charge in [-0.15, -0.1) is 0 Å². The maximum atomic E-state index is 12.3. The molecule has 19 heavy (non-hydrogen) atoms. The fourth-order valence-electron chi connectivity index (χ4n) is 2.96. The number of carbonyl (C=O) groups excluding carboxylic acids is 1. The monoisotopic (exact) mass is 269 g/mol. The van der Waals surface area contributed by atoms with Gasteiger partial charge in [0, 0.05) is 19.0 Å². The number of amides is 1. The number of nitrogens with zero attached hydrogens (tertiary/aromatic N) is 1. The highest BCUT2D eigenvalue weighted by atomic mass is 16.4. The van der Waals surface area contributed by atoms with Crippen molar-refractivity contribution in [3.05, 3.63) is 0 Å². The van der Waals surface area contributed by atoms with Crippen LogP contribution in [0, 0.1) is 17.8 Å². The zero-order valence-electron chi connectivity index (χ0n) is 12.6. The quantitative estimate of drug-likeness (QED) is 0.835. The summed E-state index contributed by atoms with van der Waals surface area (Å²) in [5, 5.41) is 9.09. The van der Waals surface area contributed by atoms with E-state index in [1.807, 2.05) is 6.92 Å². The van der Waals surface area contributed by atoms with Crippen LogP contribution in [0.1, 0.15) is 53.4 Å². The normalized spacial score (nSPS) is 25.4. The van der Waals surface area contributed by atoms with Crippen LogP contribution >= 0.6 is 0 Å². The van der Waals surface area contributed by atoms with Gasteiger partial charge < -0.3 is 10.0 Å². The Kier molecular flexibility index (Phi) is 5.83. The van der Waals surface area contributed by atoms with Gasteiger partial charge in [0.2, 0.25) is 5.91 Å². The Morgan fingerprint density at radius 3 is 2.42 bits per heavy atom. The molecule has 3 unspecified atom stereocenters. The Bertz CT molecular complexity index is 327. The van der Waals surface area contributed by atoms with Crippen molar-refractivity contribution in [3.63, 3.8) is 0 Å². The molecule has 0 radical (unpaired) electrons. The predicted molar refractivity (Wildman–Crippen MR) is 74.8 cm³/mol. The number of piperidine rings is 1. The molecular weight excluding hydrogens is 242 g/mol. The Hall–Kier alpha value is -1.06. The smallest absolute Gasteiger partial charge is 0.308 e. The largest absolute Gasteiger partial charge is 0.481 e. The van der Waals surface area contributed by atoms with Gasteiger partial charge >= 0.3 is 5.97 Å². The fraction of sp³-hybridized carbons (Fsp3) is 0.867. The minimum atomic E-state index is -0.778. The van der Waals surface area contributed by atoms with Gasteiger partial charge in [-0.25, -0.2) is 0 Å². The summed E-state index contributed by atoms with van der Waals surface area (Å²) in [6.07, 6.45) is 3.05. The molecule has 4 heteroatoms. The molecule has 1 fully saturated rings. The molecule has 0 bridgehead atoms. The van der Waals surface area contributed by atoms with Crippen LogP contribution in [0.3, 0.4) is 0 Å². The minimum Gasteiger partial charge on any atom is -0.481 e. The highest BCUT2D eigenvalue weighted by Gasteiger charge is 2.32. The molecule has 1 rings (SSSR count). The van der Waals surface area contributed by atoms with E-state index in [1.165, 1.54) is 0 Å². The number of hydrogen-bond acceptors (Lipinski definition) is 2. The SMILES string of the molecule is CC(C)CC(C)CC(=O)N1CC(C(=O)O)CCC1C. The van der Waals surface area contributed by atoms with Gasteiger partial charge in [0.05, 0.1) is 5.92 Å². The first-order chi connectivity index (χ1) is 8.81. The van der Waals surface area contributed by atoms with E-state index in [0.29, 0.717) is 31.2 Å². The molecule has 1 saturated heterocycles. The number of aliphatic carboxylic acids is 1. The summed E-state index contributed by atoms with van der Waals surface area (Å²) >= 11 is 0. The topological polar surface area (TPSA) is 57.6 Å². The summed E-state index contributed by atoms with van der Waals surface area (Å²) in [6, 6.07) is 0.175. The molecule has 0 aromatic heterocycles. The molecule has 1 N–H and O–H groups in total. The number of rotatable bonds is 5. The van der Waals surface area contributed by atoms with Crippen LogP contribution in [-0.4, -0.2) is 34.5 Å².